The van der Waals surface area contributed by atoms with E-state index in [1.54, 1.807) is 6.21 Å². The quantitative estimate of drug-likeness (QED) is 0.531. The molecule has 0 N–H and O–H groups in total. The van der Waals surface area contributed by atoms with Crippen molar-refractivity contribution in [2.24, 2.45) is 11.0 Å². The Labute approximate surface area is 60.7 Å². The molecule has 0 radical (unpaired) electrons. The number of amides is 1. The number of carbonyl (C=O) groups is 1. The second-order valence-corrected chi connectivity index (χ2v) is 2.70. The van der Waals surface area contributed by atoms with Gasteiger partial charge in [0.15, 0.2) is 0 Å². The van der Waals surface area contributed by atoms with Gasteiger partial charge in [-0.1, -0.05) is 13.8 Å². The van der Waals surface area contributed by atoms with Crippen molar-refractivity contribution in [2.45, 2.75) is 20.3 Å². The number of hydrazone groups is 1. The Kier molecular flexibility index (Phi) is 2.04. The molecule has 0 aromatic heterocycles. The highest BCUT2D eigenvalue weighted by atomic mass is 16.2. The number of nitrogens with zero attached hydrogens (tertiary/aromatic N) is 2. The van der Waals surface area contributed by atoms with Gasteiger partial charge in [0, 0.05) is 25.1 Å². The Balaban J connectivity index is 2.49. The van der Waals surface area contributed by atoms with Crippen molar-refractivity contribution >= 4 is 12.1 Å². The zero-order valence-corrected chi connectivity index (χ0v) is 6.37. The predicted molar refractivity (Wildman–Crippen MR) is 39.7 cm³/mol. The van der Waals surface area contributed by atoms with E-state index in [2.05, 4.69) is 5.10 Å². The van der Waals surface area contributed by atoms with Gasteiger partial charge in [-0.2, -0.15) is 5.10 Å². The lowest BCUT2D eigenvalue weighted by Gasteiger charge is -2.13. The van der Waals surface area contributed by atoms with Crippen LogP contribution in [0.2, 0.25) is 0 Å². The first-order valence-electron chi connectivity index (χ1n) is 3.55. The molecule has 10 heavy (non-hydrogen) atoms. The van der Waals surface area contributed by atoms with E-state index >= 15 is 0 Å². The monoisotopic (exact) mass is 140 g/mol. The third-order valence-corrected chi connectivity index (χ3v) is 1.44. The van der Waals surface area contributed by atoms with Gasteiger partial charge in [0.1, 0.15) is 0 Å². The average molecular weight is 140 g/mol. The third kappa shape index (κ3) is 1.35. The predicted octanol–water partition coefficient (Wildman–Crippen LogP) is 0.861. The first-order chi connectivity index (χ1) is 4.72. The van der Waals surface area contributed by atoms with Gasteiger partial charge in [-0.3, -0.25) is 4.79 Å². The fourth-order valence-corrected chi connectivity index (χ4v) is 0.859. The fourth-order valence-electron chi connectivity index (χ4n) is 0.859. The molecule has 0 unspecified atom stereocenters. The van der Waals surface area contributed by atoms with Gasteiger partial charge in [0.2, 0.25) is 5.91 Å². The molecular weight excluding hydrogens is 128 g/mol. The lowest BCUT2D eigenvalue weighted by atomic mass is 10.2. The van der Waals surface area contributed by atoms with E-state index in [0.29, 0.717) is 0 Å². The van der Waals surface area contributed by atoms with E-state index in [0.717, 1.165) is 13.0 Å². The standard InChI is InChI=1S/C7H12N2O/c1-6(2)7(10)9-5-3-4-8-9/h4,6H,3,5H2,1-2H3. The Bertz CT molecular complexity index is 163. The first-order valence-corrected chi connectivity index (χ1v) is 3.55. The molecule has 56 valence electrons. The van der Waals surface area contributed by atoms with Gasteiger partial charge in [-0.15, -0.1) is 0 Å². The van der Waals surface area contributed by atoms with Crippen LogP contribution >= 0.6 is 0 Å². The zero-order valence-electron chi connectivity index (χ0n) is 6.37. The summed E-state index contributed by atoms with van der Waals surface area (Å²) in [4.78, 5) is 11.2. The van der Waals surface area contributed by atoms with Crippen LogP contribution in [0.15, 0.2) is 5.10 Å². The van der Waals surface area contributed by atoms with Gasteiger partial charge in [-0.05, 0) is 0 Å². The van der Waals surface area contributed by atoms with Crippen LogP contribution in [0.25, 0.3) is 0 Å². The lowest BCUT2D eigenvalue weighted by molar-refractivity contribution is -0.133. The molecule has 0 fully saturated rings. The van der Waals surface area contributed by atoms with Crippen molar-refractivity contribution in [1.82, 2.24) is 5.01 Å². The van der Waals surface area contributed by atoms with Crippen LogP contribution in [0.1, 0.15) is 20.3 Å². The second-order valence-electron chi connectivity index (χ2n) is 2.70. The molecule has 0 saturated carbocycles. The molecule has 0 saturated heterocycles. The van der Waals surface area contributed by atoms with Crippen LogP contribution in [0.3, 0.4) is 0 Å². The molecule has 0 aromatic carbocycles. The van der Waals surface area contributed by atoms with Crippen molar-refractivity contribution < 1.29 is 4.79 Å². The van der Waals surface area contributed by atoms with E-state index in [1.807, 2.05) is 13.8 Å². The molecule has 0 spiro atoms. The summed E-state index contributed by atoms with van der Waals surface area (Å²) in [6.45, 7) is 4.53. The van der Waals surface area contributed by atoms with Crippen molar-refractivity contribution in [3.63, 3.8) is 0 Å². The van der Waals surface area contributed by atoms with Gasteiger partial charge < -0.3 is 0 Å². The minimum absolute atomic E-state index is 0.0650. The Morgan fingerprint density at radius 2 is 2.40 bits per heavy atom. The van der Waals surface area contributed by atoms with Crippen LogP contribution in [-0.4, -0.2) is 23.7 Å². The molecule has 0 atom stereocenters. The van der Waals surface area contributed by atoms with E-state index in [4.69, 9.17) is 0 Å². The number of carbonyl (C=O) groups excluding carboxylic acids is 1. The minimum atomic E-state index is 0.0650. The van der Waals surface area contributed by atoms with Crippen LogP contribution in [0, 0.1) is 5.92 Å². The molecule has 1 amide bonds. The van der Waals surface area contributed by atoms with Gasteiger partial charge >= 0.3 is 0 Å². The highest BCUT2D eigenvalue weighted by Crippen LogP contribution is 2.05. The minimum Gasteiger partial charge on any atom is -0.273 e. The first kappa shape index (κ1) is 7.25. The van der Waals surface area contributed by atoms with Gasteiger partial charge in [-0.25, -0.2) is 5.01 Å². The van der Waals surface area contributed by atoms with E-state index in [-0.39, 0.29) is 11.8 Å². The summed E-state index contributed by atoms with van der Waals surface area (Å²) in [5, 5.41) is 5.45. The van der Waals surface area contributed by atoms with Crippen LogP contribution in [-0.2, 0) is 4.79 Å². The number of hydrogen-bond donors (Lipinski definition) is 0. The lowest BCUT2D eigenvalue weighted by Crippen LogP contribution is -2.27. The Morgan fingerprint density at radius 3 is 2.80 bits per heavy atom. The maximum absolute atomic E-state index is 11.2. The smallest absolute Gasteiger partial charge is 0.245 e. The molecule has 0 bridgehead atoms. The maximum Gasteiger partial charge on any atom is 0.245 e. The summed E-state index contributed by atoms with van der Waals surface area (Å²) in [5.74, 6) is 0.184. The highest BCUT2D eigenvalue weighted by Gasteiger charge is 2.17. The van der Waals surface area contributed by atoms with Crippen molar-refractivity contribution in [3.05, 3.63) is 0 Å². The van der Waals surface area contributed by atoms with Crippen LogP contribution in [0.5, 0.6) is 0 Å². The topological polar surface area (TPSA) is 32.7 Å². The average Bonchev–Trinajstić information content (AvgIpc) is 2.36. The summed E-state index contributed by atoms with van der Waals surface area (Å²) >= 11 is 0. The number of rotatable bonds is 1. The molecular formula is C7H12N2O. The summed E-state index contributed by atoms with van der Waals surface area (Å²) in [6.07, 6.45) is 2.68. The van der Waals surface area contributed by atoms with Crippen LogP contribution < -0.4 is 0 Å². The molecule has 1 rings (SSSR count). The van der Waals surface area contributed by atoms with Gasteiger partial charge in [0.25, 0.3) is 0 Å². The van der Waals surface area contributed by atoms with E-state index in [9.17, 15) is 4.79 Å². The van der Waals surface area contributed by atoms with Crippen molar-refractivity contribution in [1.29, 1.82) is 0 Å². The number of hydrogen-bond acceptors (Lipinski definition) is 2. The molecule has 3 heteroatoms. The van der Waals surface area contributed by atoms with E-state index < -0.39 is 0 Å². The SMILES string of the molecule is CC(C)C(=O)N1CCC=N1. The Morgan fingerprint density at radius 1 is 1.70 bits per heavy atom. The molecule has 0 aliphatic carbocycles. The molecule has 1 aliphatic rings. The van der Waals surface area contributed by atoms with Crippen molar-refractivity contribution in [3.8, 4) is 0 Å². The zero-order chi connectivity index (χ0) is 7.56. The third-order valence-electron chi connectivity index (χ3n) is 1.44. The van der Waals surface area contributed by atoms with Gasteiger partial charge in [0.05, 0.1) is 0 Å². The van der Waals surface area contributed by atoms with Crippen molar-refractivity contribution in [2.75, 3.05) is 6.54 Å². The summed E-state index contributed by atoms with van der Waals surface area (Å²) in [7, 11) is 0. The molecule has 3 nitrogen and oxygen atoms in total. The molecule has 1 aliphatic heterocycles. The van der Waals surface area contributed by atoms with E-state index in [1.165, 1.54) is 5.01 Å². The fraction of sp³-hybridized carbons (Fsp3) is 0.714. The normalized spacial score (nSPS) is 16.9. The summed E-state index contributed by atoms with van der Waals surface area (Å²) in [6, 6.07) is 0. The highest BCUT2D eigenvalue weighted by molar-refractivity contribution is 5.80. The Hall–Kier alpha value is -0.860. The van der Waals surface area contributed by atoms with Crippen LogP contribution in [0.4, 0.5) is 0 Å². The summed E-state index contributed by atoms with van der Waals surface area (Å²) in [5.41, 5.74) is 0. The summed E-state index contributed by atoms with van der Waals surface area (Å²) < 4.78 is 0. The second kappa shape index (κ2) is 2.82. The largest absolute Gasteiger partial charge is 0.273 e. The molecule has 0 aromatic rings. The molecule has 1 heterocycles. The maximum atomic E-state index is 11.2.